The number of aromatic nitrogens is 1. The predicted octanol–water partition coefficient (Wildman–Crippen LogP) is 5.40. The maximum atomic E-state index is 12.8. The monoisotopic (exact) mass is 564 g/mol. The van der Waals surface area contributed by atoms with Crippen LogP contribution in [0.4, 0.5) is 11.6 Å². The lowest BCUT2D eigenvalue weighted by molar-refractivity contribution is 0.0791. The van der Waals surface area contributed by atoms with Gasteiger partial charge in [0.25, 0.3) is 0 Å². The van der Waals surface area contributed by atoms with Crippen molar-refractivity contribution in [2.24, 2.45) is 17.6 Å². The van der Waals surface area contributed by atoms with Gasteiger partial charge >= 0.3 is 0 Å². The molecule has 40 heavy (non-hydrogen) atoms. The molecule has 1 heterocycles. The van der Waals surface area contributed by atoms with Gasteiger partial charge in [-0.15, -0.1) is 0 Å². The molecule has 1 fully saturated rings. The molecule has 3 atom stereocenters. The molecule has 0 spiro atoms. The Kier molecular flexibility index (Phi) is 9.87. The molecule has 1 aromatic heterocycles. The van der Waals surface area contributed by atoms with Gasteiger partial charge in [0.1, 0.15) is 11.6 Å². The van der Waals surface area contributed by atoms with E-state index in [1.54, 1.807) is 0 Å². The van der Waals surface area contributed by atoms with E-state index in [1.807, 2.05) is 62.4 Å². The first-order valence-corrected chi connectivity index (χ1v) is 16.1. The molecule has 0 amide bonds. The molecular formula is C32H44N4O3S. The summed E-state index contributed by atoms with van der Waals surface area (Å²) in [6.07, 6.45) is 3.82. The minimum atomic E-state index is -3.50. The van der Waals surface area contributed by atoms with Crippen LogP contribution in [0.25, 0.3) is 0 Å². The number of benzene rings is 2. The van der Waals surface area contributed by atoms with Crippen LogP contribution in [0.15, 0.2) is 72.8 Å². The maximum Gasteiger partial charge on any atom is 0.233 e. The van der Waals surface area contributed by atoms with Crippen LogP contribution in [0, 0.1) is 11.8 Å². The smallest absolute Gasteiger partial charge is 0.233 e. The van der Waals surface area contributed by atoms with Crippen molar-refractivity contribution >= 4 is 21.7 Å². The summed E-state index contributed by atoms with van der Waals surface area (Å²) in [6.45, 7) is 8.86. The van der Waals surface area contributed by atoms with Gasteiger partial charge in [0.2, 0.25) is 10.0 Å². The normalized spacial score (nSPS) is 18.2. The summed E-state index contributed by atoms with van der Waals surface area (Å²) in [6, 6.07) is 24.4. The number of anilines is 2. The molecule has 1 saturated carbocycles. The second-order valence-corrected chi connectivity index (χ2v) is 13.6. The predicted molar refractivity (Wildman–Crippen MR) is 164 cm³/mol. The van der Waals surface area contributed by atoms with E-state index in [-0.39, 0.29) is 0 Å². The number of rotatable bonds is 15. The van der Waals surface area contributed by atoms with Gasteiger partial charge in [0.15, 0.2) is 0 Å². The fraction of sp³-hybridized carbons (Fsp3) is 0.469. The lowest BCUT2D eigenvalue weighted by atomic mass is 9.95. The van der Waals surface area contributed by atoms with Crippen LogP contribution in [0.1, 0.15) is 50.3 Å². The van der Waals surface area contributed by atoms with Gasteiger partial charge < -0.3 is 15.4 Å². The standard InChI is InChI=1S/C32H44N4O3S/c1-5-16-36(40(4,37)38)31-19-28(23-39-24-32(3,33)20-26-12-8-6-9-13-26)18-30(34-31)35(22-29-17-25(29)2)21-27-14-10-7-11-15-27/h6-15,18-19,25,29H,5,16-17,20-24,33H2,1-4H3. The lowest BCUT2D eigenvalue weighted by Gasteiger charge is -2.28. The van der Waals surface area contributed by atoms with Crippen molar-refractivity contribution in [1.82, 2.24) is 4.98 Å². The third kappa shape index (κ3) is 8.78. The molecule has 216 valence electrons. The molecule has 0 radical (unpaired) electrons. The first-order valence-electron chi connectivity index (χ1n) is 14.2. The van der Waals surface area contributed by atoms with Gasteiger partial charge in [-0.1, -0.05) is 74.5 Å². The third-order valence-corrected chi connectivity index (χ3v) is 8.53. The van der Waals surface area contributed by atoms with E-state index < -0.39 is 15.6 Å². The Bertz CT molecular complexity index is 1330. The summed E-state index contributed by atoms with van der Waals surface area (Å²) < 4.78 is 33.1. The minimum Gasteiger partial charge on any atom is -0.375 e. The Morgan fingerprint density at radius 2 is 1.60 bits per heavy atom. The zero-order valence-corrected chi connectivity index (χ0v) is 25.1. The highest BCUT2D eigenvalue weighted by atomic mass is 32.2. The summed E-state index contributed by atoms with van der Waals surface area (Å²) >= 11 is 0. The summed E-state index contributed by atoms with van der Waals surface area (Å²) in [7, 11) is -3.50. The molecular weight excluding hydrogens is 520 g/mol. The fourth-order valence-electron chi connectivity index (χ4n) is 5.08. The van der Waals surface area contributed by atoms with Crippen molar-refractivity contribution in [2.75, 3.05) is 35.2 Å². The number of pyridine rings is 1. The van der Waals surface area contributed by atoms with E-state index in [0.717, 1.165) is 17.9 Å². The Hall–Kier alpha value is -2.94. The zero-order chi connectivity index (χ0) is 28.8. The second kappa shape index (κ2) is 13.1. The Morgan fingerprint density at radius 3 is 2.17 bits per heavy atom. The van der Waals surface area contributed by atoms with E-state index in [4.69, 9.17) is 15.5 Å². The zero-order valence-electron chi connectivity index (χ0n) is 24.3. The van der Waals surface area contributed by atoms with E-state index >= 15 is 0 Å². The molecule has 7 nitrogen and oxygen atoms in total. The van der Waals surface area contributed by atoms with Gasteiger partial charge in [-0.3, -0.25) is 4.31 Å². The Morgan fingerprint density at radius 1 is 1.00 bits per heavy atom. The highest BCUT2D eigenvalue weighted by Gasteiger charge is 2.34. The first kappa shape index (κ1) is 30.0. The van der Waals surface area contributed by atoms with Gasteiger partial charge in [0, 0.05) is 25.2 Å². The number of hydrogen-bond acceptors (Lipinski definition) is 6. The second-order valence-electron chi connectivity index (χ2n) is 11.7. The maximum absolute atomic E-state index is 12.8. The minimum absolute atomic E-state index is 0.312. The number of hydrogen-bond donors (Lipinski definition) is 1. The van der Waals surface area contributed by atoms with Crippen molar-refractivity contribution < 1.29 is 13.2 Å². The summed E-state index contributed by atoms with van der Waals surface area (Å²) in [5.74, 6) is 2.49. The number of ether oxygens (including phenoxy) is 1. The van der Waals surface area contributed by atoms with Gasteiger partial charge in [-0.25, -0.2) is 13.4 Å². The SMILES string of the molecule is CCCN(c1cc(COCC(C)(N)Cc2ccccc2)cc(N(Cc2ccccc2)CC2CC2C)n1)S(C)(=O)=O. The van der Waals surface area contributed by atoms with Crippen LogP contribution in [0.3, 0.4) is 0 Å². The molecule has 0 bridgehead atoms. The molecule has 2 aromatic carbocycles. The summed E-state index contributed by atoms with van der Waals surface area (Å²) in [5, 5.41) is 0. The van der Waals surface area contributed by atoms with Crippen LogP contribution in [0.2, 0.25) is 0 Å². The molecule has 3 unspecified atom stereocenters. The van der Waals surface area contributed by atoms with Gasteiger partial charge in [0.05, 0.1) is 19.5 Å². The molecule has 1 aliphatic rings. The average molecular weight is 565 g/mol. The van der Waals surface area contributed by atoms with Crippen LogP contribution in [-0.4, -0.2) is 44.9 Å². The summed E-state index contributed by atoms with van der Waals surface area (Å²) in [5.41, 5.74) is 9.29. The van der Waals surface area contributed by atoms with E-state index in [1.165, 1.54) is 28.1 Å². The first-order chi connectivity index (χ1) is 19.0. The lowest BCUT2D eigenvalue weighted by Crippen LogP contribution is -2.43. The molecule has 8 heteroatoms. The Balaban J connectivity index is 1.61. The topological polar surface area (TPSA) is 88.8 Å². The van der Waals surface area contributed by atoms with Crippen molar-refractivity contribution in [1.29, 1.82) is 0 Å². The molecule has 0 saturated heterocycles. The third-order valence-electron chi connectivity index (χ3n) is 7.36. The van der Waals surface area contributed by atoms with E-state index in [0.29, 0.717) is 56.8 Å². The van der Waals surface area contributed by atoms with Crippen molar-refractivity contribution in [3.05, 3.63) is 89.5 Å². The van der Waals surface area contributed by atoms with Crippen LogP contribution < -0.4 is 14.9 Å². The Labute approximate surface area is 240 Å². The van der Waals surface area contributed by atoms with E-state index in [2.05, 4.69) is 36.1 Å². The highest BCUT2D eigenvalue weighted by molar-refractivity contribution is 7.92. The number of nitrogens with two attached hydrogens (primary N) is 1. The van der Waals surface area contributed by atoms with E-state index in [9.17, 15) is 8.42 Å². The van der Waals surface area contributed by atoms with Crippen molar-refractivity contribution in [3.8, 4) is 0 Å². The molecule has 0 aliphatic heterocycles. The van der Waals surface area contributed by atoms with Gasteiger partial charge in [-0.2, -0.15) is 0 Å². The largest absolute Gasteiger partial charge is 0.375 e. The molecule has 2 N–H and O–H groups in total. The van der Waals surface area contributed by atoms with Crippen LogP contribution in [-0.2, 0) is 34.3 Å². The van der Waals surface area contributed by atoms with Crippen molar-refractivity contribution in [2.45, 2.75) is 58.7 Å². The average Bonchev–Trinajstić information content (AvgIpc) is 3.61. The molecule has 4 rings (SSSR count). The summed E-state index contributed by atoms with van der Waals surface area (Å²) in [4.78, 5) is 7.21. The van der Waals surface area contributed by atoms with Crippen molar-refractivity contribution in [3.63, 3.8) is 0 Å². The van der Waals surface area contributed by atoms with Crippen LogP contribution in [0.5, 0.6) is 0 Å². The molecule has 3 aromatic rings. The van der Waals surface area contributed by atoms with Gasteiger partial charge in [-0.05, 0) is 66.8 Å². The number of sulfonamides is 1. The highest BCUT2D eigenvalue weighted by Crippen LogP contribution is 2.39. The molecule has 1 aliphatic carbocycles. The number of nitrogens with zero attached hydrogens (tertiary/aromatic N) is 3. The quantitative estimate of drug-likeness (QED) is 0.266. The van der Waals surface area contributed by atoms with Crippen LogP contribution >= 0.6 is 0 Å². The fourth-order valence-corrected chi connectivity index (χ4v) is 6.02.